The molecular formula is C15H31NO. The normalized spacial score (nSPS) is 21.7. The maximum Gasteiger partial charge on any atom is 0.0626 e. The summed E-state index contributed by atoms with van der Waals surface area (Å²) in [5, 5.41) is 3.62. The van der Waals surface area contributed by atoms with Crippen molar-refractivity contribution in [2.24, 2.45) is 11.8 Å². The van der Waals surface area contributed by atoms with E-state index >= 15 is 0 Å². The first-order chi connectivity index (χ1) is 8.15. The van der Waals surface area contributed by atoms with Gasteiger partial charge in [0.05, 0.1) is 12.7 Å². The average molecular weight is 241 g/mol. The van der Waals surface area contributed by atoms with E-state index in [1.807, 2.05) is 0 Å². The lowest BCUT2D eigenvalue weighted by Gasteiger charge is -2.32. The average Bonchev–Trinajstić information content (AvgIpc) is 2.35. The molecule has 1 N–H and O–H groups in total. The number of likely N-dealkylation sites (N-methyl/N-ethyl adjacent to an activating group) is 1. The molecule has 2 heteroatoms. The van der Waals surface area contributed by atoms with Gasteiger partial charge in [0.15, 0.2) is 0 Å². The van der Waals surface area contributed by atoms with E-state index in [0.717, 1.165) is 19.1 Å². The molecule has 0 heterocycles. The Morgan fingerprint density at radius 3 is 2.29 bits per heavy atom. The van der Waals surface area contributed by atoms with Crippen LogP contribution in [0.25, 0.3) is 0 Å². The minimum absolute atomic E-state index is 0.375. The van der Waals surface area contributed by atoms with Crippen molar-refractivity contribution in [1.82, 2.24) is 5.32 Å². The Bertz CT molecular complexity index is 187. The molecule has 0 bridgehead atoms. The summed E-state index contributed by atoms with van der Waals surface area (Å²) in [4.78, 5) is 0. The van der Waals surface area contributed by atoms with E-state index in [1.54, 1.807) is 0 Å². The maximum absolute atomic E-state index is 6.01. The zero-order chi connectivity index (χ0) is 12.7. The molecule has 17 heavy (non-hydrogen) atoms. The molecule has 0 aliphatic heterocycles. The number of rotatable bonds is 7. The molecule has 0 radical (unpaired) electrons. The van der Waals surface area contributed by atoms with Crippen LogP contribution in [-0.2, 0) is 4.74 Å². The summed E-state index contributed by atoms with van der Waals surface area (Å²) in [5.41, 5.74) is 0. The van der Waals surface area contributed by atoms with Crippen molar-refractivity contribution in [2.45, 2.75) is 71.9 Å². The predicted octanol–water partition coefficient (Wildman–Crippen LogP) is 3.61. The molecule has 2 nitrogen and oxygen atoms in total. The third kappa shape index (κ3) is 5.39. The van der Waals surface area contributed by atoms with E-state index in [9.17, 15) is 0 Å². The third-order valence-corrected chi connectivity index (χ3v) is 4.16. The van der Waals surface area contributed by atoms with Gasteiger partial charge in [-0.1, -0.05) is 40.0 Å². The van der Waals surface area contributed by atoms with Gasteiger partial charge in [0.2, 0.25) is 0 Å². The highest BCUT2D eigenvalue weighted by Crippen LogP contribution is 2.27. The van der Waals surface area contributed by atoms with Crippen molar-refractivity contribution in [3.8, 4) is 0 Å². The molecule has 1 aliphatic carbocycles. The largest absolute Gasteiger partial charge is 0.377 e. The molecule has 1 saturated carbocycles. The van der Waals surface area contributed by atoms with E-state index in [-0.39, 0.29) is 0 Å². The van der Waals surface area contributed by atoms with Crippen LogP contribution in [-0.4, -0.2) is 25.3 Å². The SMILES string of the molecule is CCNC(COC(C)C(C)C)C1CCCCC1. The molecule has 2 atom stereocenters. The van der Waals surface area contributed by atoms with Gasteiger partial charge in [-0.2, -0.15) is 0 Å². The lowest BCUT2D eigenvalue weighted by Crippen LogP contribution is -2.42. The molecule has 102 valence electrons. The minimum Gasteiger partial charge on any atom is -0.377 e. The second kappa shape index (κ2) is 8.10. The summed E-state index contributed by atoms with van der Waals surface area (Å²) in [6.45, 7) is 10.8. The van der Waals surface area contributed by atoms with Gasteiger partial charge in [0.25, 0.3) is 0 Å². The molecule has 2 unspecified atom stereocenters. The standard InChI is InChI=1S/C15H31NO/c1-5-16-15(11-17-13(4)12(2)3)14-9-7-6-8-10-14/h12-16H,5-11H2,1-4H3. The molecule has 0 saturated heterocycles. The van der Waals surface area contributed by atoms with Crippen LogP contribution >= 0.6 is 0 Å². The number of hydrogen-bond donors (Lipinski definition) is 1. The van der Waals surface area contributed by atoms with Gasteiger partial charge in [0.1, 0.15) is 0 Å². The third-order valence-electron chi connectivity index (χ3n) is 4.16. The van der Waals surface area contributed by atoms with Gasteiger partial charge in [-0.15, -0.1) is 0 Å². The van der Waals surface area contributed by atoms with E-state index in [4.69, 9.17) is 4.74 Å². The highest BCUT2D eigenvalue weighted by atomic mass is 16.5. The lowest BCUT2D eigenvalue weighted by molar-refractivity contribution is 0.00939. The van der Waals surface area contributed by atoms with Crippen molar-refractivity contribution < 1.29 is 4.74 Å². The van der Waals surface area contributed by atoms with E-state index in [1.165, 1.54) is 32.1 Å². The first-order valence-corrected chi connectivity index (χ1v) is 7.50. The number of nitrogens with one attached hydrogen (secondary N) is 1. The Labute approximate surface area is 108 Å². The summed E-state index contributed by atoms with van der Waals surface area (Å²) in [7, 11) is 0. The predicted molar refractivity (Wildman–Crippen MR) is 74.3 cm³/mol. The van der Waals surface area contributed by atoms with Gasteiger partial charge in [0, 0.05) is 6.04 Å². The second-order valence-electron chi connectivity index (χ2n) is 5.84. The topological polar surface area (TPSA) is 21.3 Å². The Morgan fingerprint density at radius 2 is 1.76 bits per heavy atom. The molecule has 1 aliphatic rings. The van der Waals surface area contributed by atoms with Crippen molar-refractivity contribution in [2.75, 3.05) is 13.2 Å². The molecule has 0 aromatic rings. The summed E-state index contributed by atoms with van der Waals surface area (Å²) >= 11 is 0. The van der Waals surface area contributed by atoms with Crippen LogP contribution in [0.4, 0.5) is 0 Å². The van der Waals surface area contributed by atoms with Crippen molar-refractivity contribution in [1.29, 1.82) is 0 Å². The summed E-state index contributed by atoms with van der Waals surface area (Å²) in [6, 6.07) is 0.571. The molecule has 0 spiro atoms. The van der Waals surface area contributed by atoms with Gasteiger partial charge in [-0.3, -0.25) is 0 Å². The zero-order valence-corrected chi connectivity index (χ0v) is 12.2. The van der Waals surface area contributed by atoms with Crippen molar-refractivity contribution >= 4 is 0 Å². The Hall–Kier alpha value is -0.0800. The smallest absolute Gasteiger partial charge is 0.0626 e. The van der Waals surface area contributed by atoms with Crippen molar-refractivity contribution in [3.63, 3.8) is 0 Å². The summed E-state index contributed by atoms with van der Waals surface area (Å²) < 4.78 is 6.01. The van der Waals surface area contributed by atoms with E-state index < -0.39 is 0 Å². The van der Waals surface area contributed by atoms with E-state index in [0.29, 0.717) is 18.1 Å². The number of hydrogen-bond acceptors (Lipinski definition) is 2. The van der Waals surface area contributed by atoms with Crippen LogP contribution < -0.4 is 5.32 Å². The maximum atomic E-state index is 6.01. The van der Waals surface area contributed by atoms with Gasteiger partial charge >= 0.3 is 0 Å². The first kappa shape index (κ1) is 15.0. The van der Waals surface area contributed by atoms with Crippen LogP contribution in [0.15, 0.2) is 0 Å². The quantitative estimate of drug-likeness (QED) is 0.735. The highest BCUT2D eigenvalue weighted by Gasteiger charge is 2.23. The molecule has 1 rings (SSSR count). The minimum atomic E-state index is 0.375. The molecule has 0 aromatic carbocycles. The van der Waals surface area contributed by atoms with Gasteiger partial charge in [-0.05, 0) is 38.1 Å². The fraction of sp³-hybridized carbons (Fsp3) is 1.00. The second-order valence-corrected chi connectivity index (χ2v) is 5.84. The van der Waals surface area contributed by atoms with Crippen LogP contribution in [0, 0.1) is 11.8 Å². The summed E-state index contributed by atoms with van der Waals surface area (Å²) in [6.07, 6.45) is 7.39. The summed E-state index contributed by atoms with van der Waals surface area (Å²) in [5.74, 6) is 1.45. The van der Waals surface area contributed by atoms with Crippen LogP contribution in [0.1, 0.15) is 59.8 Å². The first-order valence-electron chi connectivity index (χ1n) is 7.50. The molecular weight excluding hydrogens is 210 g/mol. The Morgan fingerprint density at radius 1 is 1.12 bits per heavy atom. The van der Waals surface area contributed by atoms with Crippen molar-refractivity contribution in [3.05, 3.63) is 0 Å². The van der Waals surface area contributed by atoms with Gasteiger partial charge in [-0.25, -0.2) is 0 Å². The van der Waals surface area contributed by atoms with Crippen LogP contribution in [0.3, 0.4) is 0 Å². The lowest BCUT2D eigenvalue weighted by atomic mass is 9.84. The Kier molecular flexibility index (Phi) is 7.14. The van der Waals surface area contributed by atoms with Crippen LogP contribution in [0.5, 0.6) is 0 Å². The van der Waals surface area contributed by atoms with Crippen LogP contribution in [0.2, 0.25) is 0 Å². The monoisotopic (exact) mass is 241 g/mol. The van der Waals surface area contributed by atoms with E-state index in [2.05, 4.69) is 33.0 Å². The van der Waals surface area contributed by atoms with Gasteiger partial charge < -0.3 is 10.1 Å². The molecule has 1 fully saturated rings. The molecule has 0 aromatic heterocycles. The molecule has 0 amide bonds. The highest BCUT2D eigenvalue weighted by molar-refractivity contribution is 4.79. The fourth-order valence-corrected chi connectivity index (χ4v) is 2.61. The Balaban J connectivity index is 2.36. The fourth-order valence-electron chi connectivity index (χ4n) is 2.61. The number of ether oxygens (including phenoxy) is 1. The zero-order valence-electron chi connectivity index (χ0n) is 12.2.